The van der Waals surface area contributed by atoms with Gasteiger partial charge in [0.05, 0.1) is 21.7 Å². The molecule has 1 heterocycles. The number of carbonyl (C=O) groups excluding carboxylic acids is 4. The maximum absolute atomic E-state index is 13.0. The van der Waals surface area contributed by atoms with E-state index in [9.17, 15) is 19.2 Å². The zero-order valence-electron chi connectivity index (χ0n) is 23.6. The van der Waals surface area contributed by atoms with Gasteiger partial charge in [-0.05, 0) is 83.1 Å². The SMILES string of the molecule is CC(C)(C)C(=O)OC[C@H]1O[C@H](Br)[C@@H](OC(=O)C(C)(C)C)[C@@H](OC(=O)C(C)(C)C)[C@@H]1OC(=O)C(C)(C)C. The van der Waals surface area contributed by atoms with Gasteiger partial charge in [0.15, 0.2) is 23.3 Å². The average Bonchev–Trinajstić information content (AvgIpc) is 2.67. The minimum atomic E-state index is -1.23. The first-order chi connectivity index (χ1) is 16.0. The molecule has 0 aliphatic carbocycles. The molecule has 0 aromatic rings. The highest BCUT2D eigenvalue weighted by Crippen LogP contribution is 2.35. The lowest BCUT2D eigenvalue weighted by Crippen LogP contribution is -2.62. The lowest BCUT2D eigenvalue weighted by molar-refractivity contribution is -0.245. The highest BCUT2D eigenvalue weighted by atomic mass is 79.9. The van der Waals surface area contributed by atoms with Crippen LogP contribution in [0.1, 0.15) is 83.1 Å². The number of halogens is 1. The van der Waals surface area contributed by atoms with Gasteiger partial charge >= 0.3 is 23.9 Å². The standard InChI is InChI=1S/C26H43BrO9/c1-23(2,3)19(28)32-13-14-15(34-20(29)24(4,5)6)16(35-21(30)25(7,8)9)17(18(27)33-14)36-22(31)26(10,11)12/h14-18H,13H2,1-12H3/t14-,15-,16+,17+,18+/m1/s1. The second-order valence-corrected chi connectivity index (χ2v) is 14.1. The van der Waals surface area contributed by atoms with E-state index in [0.717, 1.165) is 0 Å². The molecule has 36 heavy (non-hydrogen) atoms. The fourth-order valence-electron chi connectivity index (χ4n) is 2.68. The van der Waals surface area contributed by atoms with Crippen LogP contribution in [0, 0.1) is 21.7 Å². The normalized spacial score (nSPS) is 25.5. The molecule has 1 rings (SSSR count). The van der Waals surface area contributed by atoms with Crippen LogP contribution in [0.2, 0.25) is 0 Å². The molecule has 9 nitrogen and oxygen atoms in total. The van der Waals surface area contributed by atoms with Crippen molar-refractivity contribution in [3.05, 3.63) is 0 Å². The lowest BCUT2D eigenvalue weighted by atomic mass is 9.93. The van der Waals surface area contributed by atoms with Crippen molar-refractivity contribution in [3.8, 4) is 0 Å². The van der Waals surface area contributed by atoms with Crippen LogP contribution in [-0.2, 0) is 42.9 Å². The summed E-state index contributed by atoms with van der Waals surface area (Å²) in [4.78, 5) is 51.1. The van der Waals surface area contributed by atoms with Gasteiger partial charge in [0, 0.05) is 0 Å². The molecule has 0 bridgehead atoms. The second-order valence-electron chi connectivity index (χ2n) is 13.2. The fourth-order valence-corrected chi connectivity index (χ4v) is 3.36. The number of hydrogen-bond donors (Lipinski definition) is 0. The van der Waals surface area contributed by atoms with Gasteiger partial charge in [-0.2, -0.15) is 0 Å². The van der Waals surface area contributed by atoms with Gasteiger partial charge in [-0.25, -0.2) is 0 Å². The molecule has 0 radical (unpaired) electrons. The Kier molecular flexibility index (Phi) is 10.2. The number of hydrogen-bond acceptors (Lipinski definition) is 9. The first-order valence-electron chi connectivity index (χ1n) is 12.1. The Balaban J connectivity index is 3.50. The Morgan fingerprint density at radius 2 is 0.917 bits per heavy atom. The largest absolute Gasteiger partial charge is 0.462 e. The molecule has 1 fully saturated rings. The van der Waals surface area contributed by atoms with Crippen LogP contribution in [0.3, 0.4) is 0 Å². The summed E-state index contributed by atoms with van der Waals surface area (Å²) in [5.74, 6) is -2.22. The minimum Gasteiger partial charge on any atom is -0.462 e. The van der Waals surface area contributed by atoms with Crippen LogP contribution in [0.25, 0.3) is 0 Å². The molecule has 1 aliphatic heterocycles. The van der Waals surface area contributed by atoms with Gasteiger partial charge in [0.2, 0.25) is 0 Å². The summed E-state index contributed by atoms with van der Waals surface area (Å²) in [6, 6.07) is 0. The number of esters is 4. The molecule has 0 amide bonds. The summed E-state index contributed by atoms with van der Waals surface area (Å²) in [6.07, 6.45) is -4.60. The van der Waals surface area contributed by atoms with Crippen molar-refractivity contribution in [1.82, 2.24) is 0 Å². The second kappa shape index (κ2) is 11.4. The zero-order chi connectivity index (χ0) is 28.4. The number of carbonyl (C=O) groups is 4. The van der Waals surface area contributed by atoms with Gasteiger partial charge in [-0.15, -0.1) is 0 Å². The van der Waals surface area contributed by atoms with E-state index in [2.05, 4.69) is 15.9 Å². The van der Waals surface area contributed by atoms with E-state index in [4.69, 9.17) is 23.7 Å². The van der Waals surface area contributed by atoms with Gasteiger partial charge < -0.3 is 23.7 Å². The van der Waals surface area contributed by atoms with E-state index in [1.807, 2.05) is 0 Å². The maximum atomic E-state index is 13.0. The van der Waals surface area contributed by atoms with Crippen molar-refractivity contribution in [2.24, 2.45) is 21.7 Å². The van der Waals surface area contributed by atoms with Crippen molar-refractivity contribution in [3.63, 3.8) is 0 Å². The summed E-state index contributed by atoms with van der Waals surface area (Å²) >= 11 is 3.38. The van der Waals surface area contributed by atoms with Crippen LogP contribution in [-0.4, -0.2) is 59.9 Å². The van der Waals surface area contributed by atoms with E-state index in [-0.39, 0.29) is 6.61 Å². The third kappa shape index (κ3) is 9.01. The van der Waals surface area contributed by atoms with Crippen molar-refractivity contribution >= 4 is 39.8 Å². The van der Waals surface area contributed by atoms with Crippen molar-refractivity contribution < 1.29 is 42.9 Å². The summed E-state index contributed by atoms with van der Waals surface area (Å²) in [7, 11) is 0. The van der Waals surface area contributed by atoms with E-state index in [1.54, 1.807) is 83.1 Å². The Bertz CT molecular complexity index is 824. The average molecular weight is 580 g/mol. The highest BCUT2D eigenvalue weighted by molar-refractivity contribution is 9.09. The number of alkyl halides is 1. The predicted octanol–water partition coefficient (Wildman–Crippen LogP) is 4.57. The predicted molar refractivity (Wildman–Crippen MR) is 136 cm³/mol. The molecule has 1 saturated heterocycles. The van der Waals surface area contributed by atoms with Gasteiger partial charge in [0.1, 0.15) is 12.7 Å². The molecule has 0 saturated carbocycles. The van der Waals surface area contributed by atoms with Gasteiger partial charge in [-0.3, -0.25) is 19.2 Å². The Labute approximate surface area is 223 Å². The quantitative estimate of drug-likeness (QED) is 0.263. The first kappa shape index (κ1) is 32.3. The summed E-state index contributed by atoms with van der Waals surface area (Å²) < 4.78 is 28.8. The van der Waals surface area contributed by atoms with E-state index >= 15 is 0 Å². The van der Waals surface area contributed by atoms with Crippen molar-refractivity contribution in [1.29, 1.82) is 0 Å². The summed E-state index contributed by atoms with van der Waals surface area (Å²) in [6.45, 7) is 19.9. The Hall–Kier alpha value is -1.68. The molecule has 0 aromatic heterocycles. The third-order valence-electron chi connectivity index (χ3n) is 5.13. The molecule has 0 aromatic carbocycles. The van der Waals surface area contributed by atoms with E-state index < -0.39 is 75.0 Å². The van der Waals surface area contributed by atoms with Crippen LogP contribution in [0.15, 0.2) is 0 Å². The Morgan fingerprint density at radius 3 is 1.28 bits per heavy atom. The molecule has 1 aliphatic rings. The smallest absolute Gasteiger partial charge is 0.311 e. The summed E-state index contributed by atoms with van der Waals surface area (Å²) in [5.41, 5.74) is -3.43. The zero-order valence-corrected chi connectivity index (χ0v) is 25.2. The number of rotatable bonds is 5. The third-order valence-corrected chi connectivity index (χ3v) is 5.87. The molecule has 0 N–H and O–H groups in total. The van der Waals surface area contributed by atoms with Crippen LogP contribution in [0.5, 0.6) is 0 Å². The molecule has 10 heteroatoms. The monoisotopic (exact) mass is 578 g/mol. The lowest BCUT2D eigenvalue weighted by Gasteiger charge is -2.44. The van der Waals surface area contributed by atoms with Gasteiger partial charge in [-0.1, -0.05) is 15.9 Å². The molecule has 5 atom stereocenters. The van der Waals surface area contributed by atoms with E-state index in [0.29, 0.717) is 0 Å². The minimum absolute atomic E-state index is 0.274. The van der Waals surface area contributed by atoms with Gasteiger partial charge in [0.25, 0.3) is 0 Å². The molecule has 0 spiro atoms. The first-order valence-corrected chi connectivity index (χ1v) is 13.0. The van der Waals surface area contributed by atoms with E-state index in [1.165, 1.54) is 0 Å². The van der Waals surface area contributed by atoms with Crippen LogP contribution >= 0.6 is 15.9 Å². The van der Waals surface area contributed by atoms with Crippen molar-refractivity contribution in [2.45, 2.75) is 113 Å². The topological polar surface area (TPSA) is 114 Å². The fraction of sp³-hybridized carbons (Fsp3) is 0.846. The molecule has 0 unspecified atom stereocenters. The van der Waals surface area contributed by atoms with Crippen LogP contribution in [0.4, 0.5) is 0 Å². The number of ether oxygens (including phenoxy) is 5. The highest BCUT2D eigenvalue weighted by Gasteiger charge is 2.53. The molecular weight excluding hydrogens is 536 g/mol. The molecular formula is C26H43BrO9. The van der Waals surface area contributed by atoms with Crippen molar-refractivity contribution in [2.75, 3.05) is 6.61 Å². The summed E-state index contributed by atoms with van der Waals surface area (Å²) in [5, 5.41) is -0.940. The van der Waals surface area contributed by atoms with Crippen LogP contribution < -0.4 is 0 Å². The Morgan fingerprint density at radius 1 is 0.583 bits per heavy atom. The maximum Gasteiger partial charge on any atom is 0.311 e. The molecule has 208 valence electrons.